The Labute approximate surface area is 90.9 Å². The molecule has 0 aliphatic heterocycles. The minimum absolute atomic E-state index is 0.0983. The second-order valence-electron chi connectivity index (χ2n) is 3.75. The molecular formula is C12H18N2O. The van der Waals surface area contributed by atoms with E-state index in [1.807, 2.05) is 37.3 Å². The van der Waals surface area contributed by atoms with Crippen molar-refractivity contribution >= 4 is 5.91 Å². The molecule has 1 atom stereocenters. The molecule has 0 radical (unpaired) electrons. The SMILES string of the molecule is CC(CN)N(C)C(=O)Cc1ccccc1. The van der Waals surface area contributed by atoms with Gasteiger partial charge in [0, 0.05) is 19.6 Å². The van der Waals surface area contributed by atoms with Crippen molar-refractivity contribution in [2.45, 2.75) is 19.4 Å². The van der Waals surface area contributed by atoms with Gasteiger partial charge in [-0.15, -0.1) is 0 Å². The van der Waals surface area contributed by atoms with E-state index in [0.29, 0.717) is 13.0 Å². The van der Waals surface area contributed by atoms with Crippen LogP contribution in [0.25, 0.3) is 0 Å². The Bertz CT molecular complexity index is 311. The first kappa shape index (κ1) is 11.7. The molecule has 2 N–H and O–H groups in total. The number of benzene rings is 1. The fourth-order valence-corrected chi connectivity index (χ4v) is 1.30. The first-order valence-corrected chi connectivity index (χ1v) is 5.14. The van der Waals surface area contributed by atoms with Crippen LogP contribution in [-0.4, -0.2) is 30.4 Å². The average Bonchev–Trinajstić information content (AvgIpc) is 2.28. The molecule has 0 bridgehead atoms. The van der Waals surface area contributed by atoms with Gasteiger partial charge < -0.3 is 10.6 Å². The highest BCUT2D eigenvalue weighted by Gasteiger charge is 2.14. The molecular weight excluding hydrogens is 188 g/mol. The fourth-order valence-electron chi connectivity index (χ4n) is 1.30. The molecule has 1 rings (SSSR count). The molecule has 0 fully saturated rings. The number of hydrogen-bond donors (Lipinski definition) is 1. The lowest BCUT2D eigenvalue weighted by Crippen LogP contribution is -2.40. The largest absolute Gasteiger partial charge is 0.341 e. The number of carbonyl (C=O) groups is 1. The minimum Gasteiger partial charge on any atom is -0.341 e. The Balaban J connectivity index is 2.56. The molecule has 3 heteroatoms. The Morgan fingerprint density at radius 2 is 2.00 bits per heavy atom. The highest BCUT2D eigenvalue weighted by Crippen LogP contribution is 2.03. The zero-order chi connectivity index (χ0) is 11.3. The van der Waals surface area contributed by atoms with Crippen LogP contribution in [0.1, 0.15) is 12.5 Å². The minimum atomic E-state index is 0.0983. The van der Waals surface area contributed by atoms with Crippen LogP contribution >= 0.6 is 0 Å². The van der Waals surface area contributed by atoms with Crippen LogP contribution in [0.4, 0.5) is 0 Å². The van der Waals surface area contributed by atoms with Crippen molar-refractivity contribution in [3.8, 4) is 0 Å². The maximum absolute atomic E-state index is 11.8. The van der Waals surface area contributed by atoms with Crippen LogP contribution in [-0.2, 0) is 11.2 Å². The van der Waals surface area contributed by atoms with Crippen LogP contribution in [0.2, 0.25) is 0 Å². The van der Waals surface area contributed by atoms with Gasteiger partial charge >= 0.3 is 0 Å². The van der Waals surface area contributed by atoms with E-state index in [1.165, 1.54) is 0 Å². The van der Waals surface area contributed by atoms with E-state index in [4.69, 9.17) is 5.73 Å². The zero-order valence-corrected chi connectivity index (χ0v) is 9.31. The van der Waals surface area contributed by atoms with Gasteiger partial charge in [0.05, 0.1) is 6.42 Å². The Hall–Kier alpha value is -1.35. The van der Waals surface area contributed by atoms with Gasteiger partial charge in [-0.2, -0.15) is 0 Å². The summed E-state index contributed by atoms with van der Waals surface area (Å²) in [6.07, 6.45) is 0.446. The summed E-state index contributed by atoms with van der Waals surface area (Å²) >= 11 is 0. The maximum Gasteiger partial charge on any atom is 0.227 e. The molecule has 0 heterocycles. The van der Waals surface area contributed by atoms with Crippen molar-refractivity contribution in [2.75, 3.05) is 13.6 Å². The van der Waals surface area contributed by atoms with Crippen LogP contribution < -0.4 is 5.73 Å². The fraction of sp³-hybridized carbons (Fsp3) is 0.417. The second-order valence-corrected chi connectivity index (χ2v) is 3.75. The summed E-state index contributed by atoms with van der Waals surface area (Å²) < 4.78 is 0. The molecule has 0 saturated heterocycles. The van der Waals surface area contributed by atoms with Gasteiger partial charge in [0.25, 0.3) is 0 Å². The number of rotatable bonds is 4. The third kappa shape index (κ3) is 3.36. The van der Waals surface area contributed by atoms with Crippen molar-refractivity contribution in [3.63, 3.8) is 0 Å². The molecule has 3 nitrogen and oxygen atoms in total. The summed E-state index contributed by atoms with van der Waals surface area (Å²) in [5.41, 5.74) is 6.55. The van der Waals surface area contributed by atoms with Crippen LogP contribution in [0.3, 0.4) is 0 Å². The van der Waals surface area contributed by atoms with Gasteiger partial charge in [-0.25, -0.2) is 0 Å². The van der Waals surface area contributed by atoms with E-state index < -0.39 is 0 Å². The first-order valence-electron chi connectivity index (χ1n) is 5.14. The van der Waals surface area contributed by atoms with Gasteiger partial charge in [0.2, 0.25) is 5.91 Å². The number of nitrogens with two attached hydrogens (primary N) is 1. The van der Waals surface area contributed by atoms with Crippen LogP contribution in [0.15, 0.2) is 30.3 Å². The number of amides is 1. The summed E-state index contributed by atoms with van der Waals surface area (Å²) in [5, 5.41) is 0. The smallest absolute Gasteiger partial charge is 0.227 e. The Morgan fingerprint density at radius 3 is 2.53 bits per heavy atom. The quantitative estimate of drug-likeness (QED) is 0.800. The predicted octanol–water partition coefficient (Wildman–Crippen LogP) is 1.03. The Kier molecular flexibility index (Phi) is 4.31. The monoisotopic (exact) mass is 206 g/mol. The third-order valence-electron chi connectivity index (χ3n) is 2.59. The summed E-state index contributed by atoms with van der Waals surface area (Å²) in [6.45, 7) is 2.44. The lowest BCUT2D eigenvalue weighted by Gasteiger charge is -2.23. The zero-order valence-electron chi connectivity index (χ0n) is 9.31. The van der Waals surface area contributed by atoms with E-state index in [-0.39, 0.29) is 11.9 Å². The van der Waals surface area contributed by atoms with Gasteiger partial charge in [0.15, 0.2) is 0 Å². The van der Waals surface area contributed by atoms with Crippen molar-refractivity contribution < 1.29 is 4.79 Å². The van der Waals surface area contributed by atoms with Gasteiger partial charge in [0.1, 0.15) is 0 Å². The normalized spacial score (nSPS) is 12.2. The van der Waals surface area contributed by atoms with Crippen molar-refractivity contribution in [1.82, 2.24) is 4.90 Å². The third-order valence-corrected chi connectivity index (χ3v) is 2.59. The van der Waals surface area contributed by atoms with Crippen molar-refractivity contribution in [1.29, 1.82) is 0 Å². The average molecular weight is 206 g/mol. The van der Waals surface area contributed by atoms with Gasteiger partial charge in [-0.05, 0) is 12.5 Å². The van der Waals surface area contributed by atoms with Gasteiger partial charge in [-0.1, -0.05) is 30.3 Å². The second kappa shape index (κ2) is 5.51. The van der Waals surface area contributed by atoms with Gasteiger partial charge in [-0.3, -0.25) is 4.79 Å². The molecule has 0 saturated carbocycles. The topological polar surface area (TPSA) is 46.3 Å². The predicted molar refractivity (Wildman–Crippen MR) is 61.4 cm³/mol. The highest BCUT2D eigenvalue weighted by molar-refractivity contribution is 5.78. The summed E-state index contributed by atoms with van der Waals surface area (Å²) in [7, 11) is 1.79. The lowest BCUT2D eigenvalue weighted by molar-refractivity contribution is -0.130. The van der Waals surface area contributed by atoms with Crippen molar-refractivity contribution in [2.24, 2.45) is 5.73 Å². The lowest BCUT2D eigenvalue weighted by atomic mass is 10.1. The number of carbonyl (C=O) groups excluding carboxylic acids is 1. The van der Waals surface area contributed by atoms with Crippen molar-refractivity contribution in [3.05, 3.63) is 35.9 Å². The molecule has 0 spiro atoms. The number of hydrogen-bond acceptors (Lipinski definition) is 2. The summed E-state index contributed by atoms with van der Waals surface area (Å²) in [5.74, 6) is 0.110. The van der Waals surface area contributed by atoms with E-state index in [9.17, 15) is 4.79 Å². The van der Waals surface area contributed by atoms with E-state index in [0.717, 1.165) is 5.56 Å². The van der Waals surface area contributed by atoms with E-state index >= 15 is 0 Å². The molecule has 0 aliphatic carbocycles. The van der Waals surface area contributed by atoms with E-state index in [2.05, 4.69) is 0 Å². The van der Waals surface area contributed by atoms with E-state index in [1.54, 1.807) is 11.9 Å². The standard InChI is InChI=1S/C12H18N2O/c1-10(9-13)14(2)12(15)8-11-6-4-3-5-7-11/h3-7,10H,8-9,13H2,1-2H3. The molecule has 1 unspecified atom stereocenters. The first-order chi connectivity index (χ1) is 7.15. The summed E-state index contributed by atoms with van der Waals surface area (Å²) in [4.78, 5) is 13.5. The Morgan fingerprint density at radius 1 is 1.40 bits per heavy atom. The molecule has 1 amide bonds. The molecule has 82 valence electrons. The number of likely N-dealkylation sites (N-methyl/N-ethyl adjacent to an activating group) is 1. The molecule has 0 aromatic heterocycles. The van der Waals surface area contributed by atoms with Crippen LogP contribution in [0.5, 0.6) is 0 Å². The number of nitrogens with zero attached hydrogens (tertiary/aromatic N) is 1. The summed E-state index contributed by atoms with van der Waals surface area (Å²) in [6, 6.07) is 9.84. The van der Waals surface area contributed by atoms with Crippen LogP contribution in [0, 0.1) is 0 Å². The maximum atomic E-state index is 11.8. The molecule has 1 aromatic carbocycles. The highest BCUT2D eigenvalue weighted by atomic mass is 16.2. The molecule has 0 aliphatic rings. The molecule has 15 heavy (non-hydrogen) atoms. The molecule has 1 aromatic rings.